The molecule has 2 saturated carbocycles. The van der Waals surface area contributed by atoms with E-state index in [2.05, 4.69) is 4.36 Å². The number of hydrogen-bond donors (Lipinski definition) is 1. The molecule has 1 aromatic carbocycles. The smallest absolute Gasteiger partial charge is 0.0845 e. The highest BCUT2D eigenvalue weighted by Gasteiger charge is 2.49. The van der Waals surface area contributed by atoms with Gasteiger partial charge in [0.25, 0.3) is 0 Å². The zero-order valence-corrected chi connectivity index (χ0v) is 13.0. The molecular weight excluding hydrogens is 282 g/mol. The molecule has 2 atom stereocenters. The zero-order valence-electron chi connectivity index (χ0n) is 12.2. The maximum atomic E-state index is 13.2. The van der Waals surface area contributed by atoms with Gasteiger partial charge in [0.15, 0.2) is 0 Å². The number of fused-ring (bicyclic) bond motifs is 1. The van der Waals surface area contributed by atoms with Gasteiger partial charge in [0.2, 0.25) is 0 Å². The maximum absolute atomic E-state index is 13.2. The minimum atomic E-state index is -2.61. The Morgan fingerprint density at radius 3 is 2.76 bits per heavy atom. The summed E-state index contributed by atoms with van der Waals surface area (Å²) in [4.78, 5) is 0.694. The molecule has 0 aromatic heterocycles. The van der Waals surface area contributed by atoms with Crippen LogP contribution in [0.5, 0.6) is 0 Å². The first-order valence-electron chi connectivity index (χ1n) is 7.23. The Morgan fingerprint density at radius 2 is 2.05 bits per heavy atom. The molecule has 2 aliphatic carbocycles. The Labute approximate surface area is 128 Å². The highest BCUT2D eigenvalue weighted by molar-refractivity contribution is 7.93. The largest absolute Gasteiger partial charge is 0.388 e. The van der Waals surface area contributed by atoms with Crippen LogP contribution >= 0.6 is 0 Å². The second kappa shape index (κ2) is 5.73. The van der Waals surface area contributed by atoms with Gasteiger partial charge in [0, 0.05) is 17.9 Å². The highest BCUT2D eigenvalue weighted by atomic mass is 32.2. The van der Waals surface area contributed by atoms with Crippen molar-refractivity contribution in [2.75, 3.05) is 12.8 Å². The van der Waals surface area contributed by atoms with E-state index < -0.39 is 15.3 Å². The Kier molecular flexibility index (Phi) is 4.10. The standard InChI is InChI=1S/C17H20NO2S/c1-18-21(20,15-9-3-2-4-10-15)13-17(19)12-6-8-14-7-5-11-16(14)17/h2-5,7,9-11,19H,6,8,12-13H2,1H3/t17-,21?/m0/s1. The molecule has 0 amide bonds. The zero-order chi connectivity index (χ0) is 14.9. The van der Waals surface area contributed by atoms with Crippen molar-refractivity contribution in [3.63, 3.8) is 0 Å². The molecule has 3 rings (SSSR count). The second-order valence-electron chi connectivity index (χ2n) is 5.63. The maximum Gasteiger partial charge on any atom is 0.0845 e. The molecular formula is C17H20NO2S. The van der Waals surface area contributed by atoms with Gasteiger partial charge in [0.1, 0.15) is 0 Å². The monoisotopic (exact) mass is 302 g/mol. The van der Waals surface area contributed by atoms with Crippen LogP contribution in [0, 0.1) is 31.1 Å². The van der Waals surface area contributed by atoms with Gasteiger partial charge >= 0.3 is 0 Å². The van der Waals surface area contributed by atoms with Crippen LogP contribution in [-0.2, 0) is 9.73 Å². The van der Waals surface area contributed by atoms with Crippen molar-refractivity contribution in [3.8, 4) is 0 Å². The topological polar surface area (TPSA) is 49.7 Å². The number of benzene rings is 1. The Balaban J connectivity index is 1.92. The highest BCUT2D eigenvalue weighted by Crippen LogP contribution is 2.50. The molecule has 5 radical (unpaired) electrons. The molecule has 0 spiro atoms. The van der Waals surface area contributed by atoms with Crippen molar-refractivity contribution in [1.82, 2.24) is 0 Å². The number of rotatable bonds is 3. The third-order valence-electron chi connectivity index (χ3n) is 4.28. The molecule has 2 fully saturated rings. The van der Waals surface area contributed by atoms with Crippen molar-refractivity contribution >= 4 is 9.73 Å². The Bertz CT molecular complexity index is 606. The van der Waals surface area contributed by atoms with Crippen LogP contribution in [0.15, 0.2) is 39.6 Å². The van der Waals surface area contributed by atoms with Gasteiger partial charge in [-0.3, -0.25) is 0 Å². The van der Waals surface area contributed by atoms with Gasteiger partial charge in [-0.25, -0.2) is 8.57 Å². The van der Waals surface area contributed by atoms with Crippen molar-refractivity contribution in [2.24, 2.45) is 4.36 Å². The van der Waals surface area contributed by atoms with Gasteiger partial charge in [-0.15, -0.1) is 0 Å². The van der Waals surface area contributed by atoms with Crippen LogP contribution < -0.4 is 0 Å². The summed E-state index contributed by atoms with van der Waals surface area (Å²) in [6.45, 7) is 0. The molecule has 3 nitrogen and oxygen atoms in total. The predicted molar refractivity (Wildman–Crippen MR) is 84.3 cm³/mol. The summed E-state index contributed by atoms with van der Waals surface area (Å²) < 4.78 is 17.4. The van der Waals surface area contributed by atoms with Crippen LogP contribution in [0.1, 0.15) is 19.3 Å². The average molecular weight is 302 g/mol. The quantitative estimate of drug-likeness (QED) is 0.933. The molecule has 0 saturated heterocycles. The van der Waals surface area contributed by atoms with Gasteiger partial charge < -0.3 is 5.11 Å². The lowest BCUT2D eigenvalue weighted by atomic mass is 9.71. The lowest BCUT2D eigenvalue weighted by Gasteiger charge is -2.41. The van der Waals surface area contributed by atoms with Gasteiger partial charge in [0.05, 0.1) is 21.1 Å². The molecule has 111 valence electrons. The number of hydrogen-bond acceptors (Lipinski definition) is 3. The summed E-state index contributed by atoms with van der Waals surface area (Å²) in [5.74, 6) is 2.27. The third-order valence-corrected chi connectivity index (χ3v) is 6.75. The summed E-state index contributed by atoms with van der Waals surface area (Å²) in [7, 11) is -1.03. The lowest BCUT2D eigenvalue weighted by molar-refractivity contribution is 0.0616. The van der Waals surface area contributed by atoms with Gasteiger partial charge in [-0.2, -0.15) is 0 Å². The molecule has 21 heavy (non-hydrogen) atoms. The summed E-state index contributed by atoms with van der Waals surface area (Å²) in [6, 6.07) is 9.27. The van der Waals surface area contributed by atoms with E-state index in [1.165, 1.54) is 5.92 Å². The molecule has 1 N–H and O–H groups in total. The first-order valence-corrected chi connectivity index (χ1v) is 8.91. The molecule has 0 aliphatic heterocycles. The first-order chi connectivity index (χ1) is 10.1. The van der Waals surface area contributed by atoms with Gasteiger partial charge in [-0.1, -0.05) is 18.2 Å². The number of nitrogens with zero attached hydrogens (tertiary/aromatic N) is 1. The van der Waals surface area contributed by atoms with Crippen molar-refractivity contribution < 1.29 is 9.32 Å². The average Bonchev–Trinajstić information content (AvgIpc) is 2.98. The van der Waals surface area contributed by atoms with Crippen LogP contribution in [0.2, 0.25) is 0 Å². The minimum Gasteiger partial charge on any atom is -0.388 e. The molecule has 0 bridgehead atoms. The van der Waals surface area contributed by atoms with Crippen molar-refractivity contribution in [1.29, 1.82) is 0 Å². The van der Waals surface area contributed by atoms with Gasteiger partial charge in [-0.05, 0) is 56.6 Å². The van der Waals surface area contributed by atoms with E-state index in [-0.39, 0.29) is 5.75 Å². The SMILES string of the molecule is CN=S(=O)(C[C@@]1(O)CCC[C]2[CH][CH][CH][C]21)c1ccccc1. The van der Waals surface area contributed by atoms with Crippen molar-refractivity contribution in [2.45, 2.75) is 29.8 Å². The molecule has 4 heteroatoms. The van der Waals surface area contributed by atoms with Crippen molar-refractivity contribution in [3.05, 3.63) is 61.4 Å². The third kappa shape index (κ3) is 2.76. The summed E-state index contributed by atoms with van der Waals surface area (Å²) in [6.07, 6.45) is 8.52. The fourth-order valence-corrected chi connectivity index (χ4v) is 5.23. The summed E-state index contributed by atoms with van der Waals surface area (Å²) in [5, 5.41) is 11.1. The Morgan fingerprint density at radius 1 is 1.29 bits per heavy atom. The fourth-order valence-electron chi connectivity index (χ4n) is 3.20. The van der Waals surface area contributed by atoms with E-state index in [4.69, 9.17) is 0 Å². The predicted octanol–water partition coefficient (Wildman–Crippen LogP) is 2.83. The lowest BCUT2D eigenvalue weighted by Crippen LogP contribution is -2.46. The van der Waals surface area contributed by atoms with Crippen LogP contribution in [0.4, 0.5) is 0 Å². The molecule has 1 aromatic rings. The van der Waals surface area contributed by atoms with E-state index in [0.29, 0.717) is 11.3 Å². The number of aliphatic hydroxyl groups is 1. The first kappa shape index (κ1) is 15.0. The second-order valence-corrected chi connectivity index (χ2v) is 8.04. The fraction of sp³-hybridized carbons (Fsp3) is 0.353. The Hall–Kier alpha value is -0.870. The van der Waals surface area contributed by atoms with E-state index in [9.17, 15) is 9.32 Å². The van der Waals surface area contributed by atoms with Crippen LogP contribution in [0.3, 0.4) is 0 Å². The summed E-state index contributed by atoms with van der Waals surface area (Å²) in [5.41, 5.74) is -1.04. The van der Waals surface area contributed by atoms with E-state index >= 15 is 0 Å². The molecule has 1 unspecified atom stereocenters. The minimum absolute atomic E-state index is 0.164. The molecule has 2 aliphatic rings. The van der Waals surface area contributed by atoms with E-state index in [1.54, 1.807) is 7.05 Å². The summed E-state index contributed by atoms with van der Waals surface area (Å²) >= 11 is 0. The molecule has 0 heterocycles. The van der Waals surface area contributed by atoms with E-state index in [0.717, 1.165) is 18.8 Å². The van der Waals surface area contributed by atoms with E-state index in [1.807, 2.05) is 49.6 Å². The normalized spacial score (nSPS) is 29.8. The van der Waals surface area contributed by atoms with Crippen LogP contribution in [-0.4, -0.2) is 27.7 Å². The van der Waals surface area contributed by atoms with Crippen LogP contribution in [0.25, 0.3) is 0 Å².